The second kappa shape index (κ2) is 6.96. The molecule has 1 unspecified atom stereocenters. The van der Waals surface area contributed by atoms with Crippen LogP contribution in [-0.4, -0.2) is 34.9 Å². The topological polar surface area (TPSA) is 46.3 Å². The summed E-state index contributed by atoms with van der Waals surface area (Å²) in [4.78, 5) is 14.1. The number of carbonyl (C=O) groups is 1. The van der Waals surface area contributed by atoms with Crippen LogP contribution in [0.1, 0.15) is 24.5 Å². The number of nitrogens with zero attached hydrogens (tertiary/aromatic N) is 1. The molecule has 19 heavy (non-hydrogen) atoms. The molecule has 1 heterocycles. The number of rotatable bonds is 5. The molecule has 1 amide bonds. The summed E-state index contributed by atoms with van der Waals surface area (Å²) in [7, 11) is 0. The largest absolute Gasteiger partial charge is 0.337 e. The van der Waals surface area contributed by atoms with Crippen LogP contribution >= 0.6 is 11.8 Å². The van der Waals surface area contributed by atoms with Gasteiger partial charge < -0.3 is 10.6 Å². The highest BCUT2D eigenvalue weighted by atomic mass is 32.2. The smallest absolute Gasteiger partial charge is 0.232 e. The lowest BCUT2D eigenvalue weighted by atomic mass is 10.00. The van der Waals surface area contributed by atoms with Gasteiger partial charge in [0.25, 0.3) is 0 Å². The zero-order valence-corrected chi connectivity index (χ0v) is 12.3. The van der Waals surface area contributed by atoms with Crippen LogP contribution in [0.15, 0.2) is 24.3 Å². The third-order valence-corrected chi connectivity index (χ3v) is 4.68. The SMILES string of the molecule is CCC(N)CSCC(=O)N1CCc2ccccc2C1. The number of benzene rings is 1. The number of fused-ring (bicyclic) bond motifs is 1. The summed E-state index contributed by atoms with van der Waals surface area (Å²) in [6.07, 6.45) is 1.94. The Balaban J connectivity index is 1.82. The second-order valence-electron chi connectivity index (χ2n) is 5.02. The normalized spacial score (nSPS) is 16.0. The van der Waals surface area contributed by atoms with Crippen molar-refractivity contribution in [2.45, 2.75) is 32.4 Å². The number of thioether (sulfide) groups is 1. The zero-order valence-electron chi connectivity index (χ0n) is 11.5. The van der Waals surface area contributed by atoms with Crippen LogP contribution in [0.4, 0.5) is 0 Å². The van der Waals surface area contributed by atoms with E-state index in [2.05, 4.69) is 25.1 Å². The fourth-order valence-corrected chi connectivity index (χ4v) is 3.23. The van der Waals surface area contributed by atoms with Crippen molar-refractivity contribution in [2.24, 2.45) is 5.73 Å². The first kappa shape index (κ1) is 14.4. The van der Waals surface area contributed by atoms with Crippen molar-refractivity contribution in [1.82, 2.24) is 4.90 Å². The molecule has 0 saturated heterocycles. The van der Waals surface area contributed by atoms with E-state index < -0.39 is 0 Å². The maximum Gasteiger partial charge on any atom is 0.232 e. The van der Waals surface area contributed by atoms with E-state index in [1.54, 1.807) is 11.8 Å². The molecule has 0 saturated carbocycles. The van der Waals surface area contributed by atoms with Crippen molar-refractivity contribution >= 4 is 17.7 Å². The third kappa shape index (κ3) is 3.98. The van der Waals surface area contributed by atoms with E-state index in [4.69, 9.17) is 5.73 Å². The Labute approximate surface area is 119 Å². The van der Waals surface area contributed by atoms with Crippen LogP contribution in [0, 0.1) is 0 Å². The first-order chi connectivity index (χ1) is 9.20. The van der Waals surface area contributed by atoms with Gasteiger partial charge in [0.05, 0.1) is 5.75 Å². The molecule has 0 aliphatic carbocycles. The Morgan fingerprint density at radius 2 is 2.16 bits per heavy atom. The predicted molar refractivity (Wildman–Crippen MR) is 81.2 cm³/mol. The first-order valence-electron chi connectivity index (χ1n) is 6.88. The fourth-order valence-electron chi connectivity index (χ4n) is 2.22. The number of nitrogens with two attached hydrogens (primary N) is 1. The molecule has 1 aromatic carbocycles. The first-order valence-corrected chi connectivity index (χ1v) is 8.04. The van der Waals surface area contributed by atoms with E-state index >= 15 is 0 Å². The van der Waals surface area contributed by atoms with Gasteiger partial charge in [-0.05, 0) is 24.0 Å². The van der Waals surface area contributed by atoms with E-state index in [0.29, 0.717) is 5.75 Å². The summed E-state index contributed by atoms with van der Waals surface area (Å²) in [5, 5.41) is 0. The van der Waals surface area contributed by atoms with Gasteiger partial charge in [-0.25, -0.2) is 0 Å². The molecule has 104 valence electrons. The highest BCUT2D eigenvalue weighted by Crippen LogP contribution is 2.19. The Hall–Kier alpha value is -1.00. The summed E-state index contributed by atoms with van der Waals surface area (Å²) < 4.78 is 0. The molecular weight excluding hydrogens is 256 g/mol. The van der Waals surface area contributed by atoms with Crippen LogP contribution < -0.4 is 5.73 Å². The quantitative estimate of drug-likeness (QED) is 0.896. The molecule has 2 N–H and O–H groups in total. The molecule has 0 bridgehead atoms. The average molecular weight is 278 g/mol. The van der Waals surface area contributed by atoms with Crippen molar-refractivity contribution < 1.29 is 4.79 Å². The molecule has 0 aromatic heterocycles. The highest BCUT2D eigenvalue weighted by molar-refractivity contribution is 7.99. The van der Waals surface area contributed by atoms with Gasteiger partial charge in [-0.15, -0.1) is 0 Å². The fraction of sp³-hybridized carbons (Fsp3) is 0.533. The minimum Gasteiger partial charge on any atom is -0.337 e. The zero-order chi connectivity index (χ0) is 13.7. The van der Waals surface area contributed by atoms with Gasteiger partial charge in [-0.3, -0.25) is 4.79 Å². The van der Waals surface area contributed by atoms with Gasteiger partial charge in [0, 0.05) is 24.9 Å². The highest BCUT2D eigenvalue weighted by Gasteiger charge is 2.20. The lowest BCUT2D eigenvalue weighted by Gasteiger charge is -2.29. The second-order valence-corrected chi connectivity index (χ2v) is 6.05. The Morgan fingerprint density at radius 1 is 1.42 bits per heavy atom. The van der Waals surface area contributed by atoms with Crippen molar-refractivity contribution in [3.63, 3.8) is 0 Å². The summed E-state index contributed by atoms with van der Waals surface area (Å²) in [6.45, 7) is 3.68. The molecule has 1 atom stereocenters. The maximum absolute atomic E-state index is 12.1. The molecule has 0 fully saturated rings. The molecule has 2 rings (SSSR count). The van der Waals surface area contributed by atoms with Gasteiger partial charge in [0.15, 0.2) is 0 Å². The van der Waals surface area contributed by atoms with E-state index in [1.807, 2.05) is 11.0 Å². The molecule has 4 heteroatoms. The molecule has 1 aliphatic rings. The lowest BCUT2D eigenvalue weighted by molar-refractivity contribution is -0.129. The summed E-state index contributed by atoms with van der Waals surface area (Å²) >= 11 is 1.65. The van der Waals surface area contributed by atoms with Crippen molar-refractivity contribution in [2.75, 3.05) is 18.1 Å². The maximum atomic E-state index is 12.1. The summed E-state index contributed by atoms with van der Waals surface area (Å²) in [5.74, 6) is 1.66. The Morgan fingerprint density at radius 3 is 2.89 bits per heavy atom. The monoisotopic (exact) mass is 278 g/mol. The Kier molecular flexibility index (Phi) is 5.28. The van der Waals surface area contributed by atoms with Gasteiger partial charge in [-0.1, -0.05) is 31.2 Å². The minimum absolute atomic E-state index is 0.208. The van der Waals surface area contributed by atoms with Crippen molar-refractivity contribution in [1.29, 1.82) is 0 Å². The number of amides is 1. The van der Waals surface area contributed by atoms with Crippen LogP contribution in [-0.2, 0) is 17.8 Å². The van der Waals surface area contributed by atoms with Crippen LogP contribution in [0.25, 0.3) is 0 Å². The molecule has 1 aromatic rings. The van der Waals surface area contributed by atoms with Gasteiger partial charge in [0.2, 0.25) is 5.91 Å². The molecule has 3 nitrogen and oxygen atoms in total. The van der Waals surface area contributed by atoms with E-state index in [1.165, 1.54) is 11.1 Å². The van der Waals surface area contributed by atoms with E-state index in [-0.39, 0.29) is 11.9 Å². The number of hydrogen-bond donors (Lipinski definition) is 1. The standard InChI is InChI=1S/C15H22N2OS/c1-2-14(16)10-19-11-15(18)17-8-7-12-5-3-4-6-13(12)9-17/h3-6,14H,2,7-11,16H2,1H3. The van der Waals surface area contributed by atoms with Gasteiger partial charge in [0.1, 0.15) is 0 Å². The van der Waals surface area contributed by atoms with Crippen LogP contribution in [0.3, 0.4) is 0 Å². The number of carbonyl (C=O) groups excluding carboxylic acids is 1. The predicted octanol–water partition coefficient (Wildman–Crippen LogP) is 2.04. The lowest BCUT2D eigenvalue weighted by Crippen LogP contribution is -2.37. The van der Waals surface area contributed by atoms with Crippen LogP contribution in [0.2, 0.25) is 0 Å². The molecule has 0 spiro atoms. The average Bonchev–Trinajstić information content (AvgIpc) is 2.46. The number of hydrogen-bond acceptors (Lipinski definition) is 3. The van der Waals surface area contributed by atoms with E-state index in [0.717, 1.165) is 31.7 Å². The molecule has 1 aliphatic heterocycles. The molecular formula is C15H22N2OS. The van der Waals surface area contributed by atoms with Crippen LogP contribution in [0.5, 0.6) is 0 Å². The van der Waals surface area contributed by atoms with Gasteiger partial charge in [-0.2, -0.15) is 11.8 Å². The summed E-state index contributed by atoms with van der Waals surface area (Å²) in [6, 6.07) is 8.60. The van der Waals surface area contributed by atoms with E-state index in [9.17, 15) is 4.79 Å². The Bertz CT molecular complexity index is 436. The summed E-state index contributed by atoms with van der Waals surface area (Å²) in [5.41, 5.74) is 8.53. The third-order valence-electron chi connectivity index (χ3n) is 3.57. The minimum atomic E-state index is 0.208. The van der Waals surface area contributed by atoms with Gasteiger partial charge >= 0.3 is 0 Å². The van der Waals surface area contributed by atoms with Crippen molar-refractivity contribution in [3.05, 3.63) is 35.4 Å². The van der Waals surface area contributed by atoms with Crippen molar-refractivity contribution in [3.8, 4) is 0 Å². The molecule has 0 radical (unpaired) electrons.